The molecule has 7 nitrogen and oxygen atoms in total. The molecule has 0 saturated heterocycles. The predicted molar refractivity (Wildman–Crippen MR) is 118 cm³/mol. The van der Waals surface area contributed by atoms with Gasteiger partial charge in [0.1, 0.15) is 11.6 Å². The van der Waals surface area contributed by atoms with Crippen LogP contribution < -0.4 is 4.74 Å². The van der Waals surface area contributed by atoms with Gasteiger partial charge in [0.15, 0.2) is 17.2 Å². The van der Waals surface area contributed by atoms with Crippen molar-refractivity contribution in [2.24, 2.45) is 0 Å². The lowest BCUT2D eigenvalue weighted by atomic mass is 9.92. The van der Waals surface area contributed by atoms with Crippen molar-refractivity contribution in [3.8, 4) is 11.4 Å². The van der Waals surface area contributed by atoms with Gasteiger partial charge in [0.2, 0.25) is 0 Å². The molecule has 4 aromatic rings. The van der Waals surface area contributed by atoms with E-state index in [0.717, 1.165) is 22.7 Å². The van der Waals surface area contributed by atoms with Crippen molar-refractivity contribution in [2.75, 3.05) is 7.11 Å². The van der Waals surface area contributed by atoms with Gasteiger partial charge in [0, 0.05) is 19.2 Å². The molecule has 1 aliphatic heterocycles. The van der Waals surface area contributed by atoms with Crippen LogP contribution in [0.25, 0.3) is 17.8 Å². The summed E-state index contributed by atoms with van der Waals surface area (Å²) in [5, 5.41) is 15.7. The number of ether oxygens (including phenoxy) is 1. The second kappa shape index (κ2) is 7.72. The zero-order chi connectivity index (χ0) is 22.3. The molecule has 3 heterocycles. The monoisotopic (exact) mass is 431 g/mol. The minimum atomic E-state index is -1.28. The molecule has 0 spiro atoms. The van der Waals surface area contributed by atoms with Gasteiger partial charge in [-0.3, -0.25) is 0 Å². The number of methoxy groups -OCH3 is 1. The fourth-order valence-electron chi connectivity index (χ4n) is 4.01. The lowest BCUT2D eigenvalue weighted by Crippen LogP contribution is -2.25. The highest BCUT2D eigenvalue weighted by Crippen LogP contribution is 2.37. The molecular formula is C24H22FN5O2. The Morgan fingerprint density at radius 2 is 1.97 bits per heavy atom. The molecule has 1 unspecified atom stereocenters. The Balaban J connectivity index is 1.41. The summed E-state index contributed by atoms with van der Waals surface area (Å²) in [6, 6.07) is 11.7. The third kappa shape index (κ3) is 3.48. The van der Waals surface area contributed by atoms with Crippen LogP contribution >= 0.6 is 0 Å². The van der Waals surface area contributed by atoms with Gasteiger partial charge in [-0.15, -0.1) is 0 Å². The molecule has 1 aliphatic rings. The summed E-state index contributed by atoms with van der Waals surface area (Å²) in [4.78, 5) is 8.81. The van der Waals surface area contributed by atoms with Crippen molar-refractivity contribution in [3.05, 3.63) is 89.3 Å². The Morgan fingerprint density at radius 3 is 2.69 bits per heavy atom. The van der Waals surface area contributed by atoms with E-state index < -0.39 is 5.60 Å². The number of benzene rings is 2. The number of fused-ring (bicyclic) bond motifs is 1. The zero-order valence-corrected chi connectivity index (χ0v) is 17.7. The number of aromatic nitrogens is 5. The van der Waals surface area contributed by atoms with Gasteiger partial charge >= 0.3 is 0 Å². The van der Waals surface area contributed by atoms with E-state index in [9.17, 15) is 9.50 Å². The number of imidazole rings is 1. The fourth-order valence-corrected chi connectivity index (χ4v) is 4.01. The molecule has 162 valence electrons. The average Bonchev–Trinajstić information content (AvgIpc) is 3.49. The zero-order valence-electron chi connectivity index (χ0n) is 17.7. The quantitative estimate of drug-likeness (QED) is 0.521. The first-order chi connectivity index (χ1) is 15.5. The number of aryl methyl sites for hydroxylation is 2. The summed E-state index contributed by atoms with van der Waals surface area (Å²) in [7, 11) is 1.63. The maximum absolute atomic E-state index is 13.3. The van der Waals surface area contributed by atoms with Crippen LogP contribution in [0.1, 0.15) is 34.9 Å². The minimum Gasteiger partial charge on any atom is -0.495 e. The number of nitrogens with zero attached hydrogens (tertiary/aromatic N) is 5. The lowest BCUT2D eigenvalue weighted by molar-refractivity contribution is 0.0785. The summed E-state index contributed by atoms with van der Waals surface area (Å²) in [5.41, 5.74) is 2.08. The van der Waals surface area contributed by atoms with Crippen LogP contribution in [0.2, 0.25) is 0 Å². The summed E-state index contributed by atoms with van der Waals surface area (Å²) in [6.07, 6.45) is 7.83. The van der Waals surface area contributed by atoms with Gasteiger partial charge in [-0.25, -0.2) is 19.0 Å². The second-order valence-corrected chi connectivity index (χ2v) is 7.82. The normalized spacial score (nSPS) is 17.8. The number of aliphatic hydroxyl groups is 1. The molecule has 32 heavy (non-hydrogen) atoms. The Kier molecular flexibility index (Phi) is 4.86. The fraction of sp³-hybridized carbons (Fsp3) is 0.208. The van der Waals surface area contributed by atoms with E-state index in [-0.39, 0.29) is 5.82 Å². The lowest BCUT2D eigenvalue weighted by Gasteiger charge is -2.20. The van der Waals surface area contributed by atoms with Gasteiger partial charge in [-0.1, -0.05) is 24.3 Å². The smallest absolute Gasteiger partial charge is 0.174 e. The molecule has 1 N–H and O–H groups in total. The van der Waals surface area contributed by atoms with Gasteiger partial charge in [0.25, 0.3) is 0 Å². The highest BCUT2D eigenvalue weighted by Gasteiger charge is 2.41. The van der Waals surface area contributed by atoms with Gasteiger partial charge in [-0.05, 0) is 48.4 Å². The highest BCUT2D eigenvalue weighted by atomic mass is 19.1. The van der Waals surface area contributed by atoms with E-state index in [1.165, 1.54) is 12.1 Å². The standard InChI is InChI=1S/C24H22FN5O2/c1-16-14-29(15-26-16)20-9-3-17(13-21(20)32-2)4-10-22-27-23-24(31,11-12-30(23)28-22)18-5-7-19(25)8-6-18/h3-10,13-15,31H,11-12H2,1-2H3. The molecule has 8 heteroatoms. The van der Waals surface area contributed by atoms with E-state index in [1.54, 1.807) is 36.3 Å². The second-order valence-electron chi connectivity index (χ2n) is 7.82. The first-order valence-electron chi connectivity index (χ1n) is 10.3. The Bertz CT molecular complexity index is 1310. The summed E-state index contributed by atoms with van der Waals surface area (Å²) in [6.45, 7) is 2.48. The van der Waals surface area contributed by atoms with Crippen LogP contribution in [-0.2, 0) is 12.1 Å². The van der Waals surface area contributed by atoms with Gasteiger partial charge < -0.3 is 14.4 Å². The number of rotatable bonds is 5. The molecule has 0 fully saturated rings. The Labute approximate surface area is 184 Å². The molecule has 2 aromatic heterocycles. The SMILES string of the molecule is COc1cc(C=Cc2nc3n(n2)CCC3(O)c2ccc(F)cc2)ccc1-n1cnc(C)c1. The van der Waals surface area contributed by atoms with Crippen LogP contribution in [-0.4, -0.2) is 36.5 Å². The first kappa shape index (κ1) is 20.1. The predicted octanol–water partition coefficient (Wildman–Crippen LogP) is 3.73. The van der Waals surface area contributed by atoms with Crippen LogP contribution in [0.4, 0.5) is 4.39 Å². The van der Waals surface area contributed by atoms with Gasteiger partial charge in [0.05, 0.1) is 24.8 Å². The molecule has 0 saturated carbocycles. The van der Waals surface area contributed by atoms with Crippen molar-refractivity contribution >= 4 is 12.2 Å². The topological polar surface area (TPSA) is 78.0 Å². The van der Waals surface area contributed by atoms with E-state index in [0.29, 0.717) is 30.2 Å². The summed E-state index contributed by atoms with van der Waals surface area (Å²) < 4.78 is 22.5. The van der Waals surface area contributed by atoms with Crippen molar-refractivity contribution in [1.82, 2.24) is 24.3 Å². The third-order valence-electron chi connectivity index (χ3n) is 5.68. The Morgan fingerprint density at radius 1 is 1.16 bits per heavy atom. The minimum absolute atomic E-state index is 0.343. The first-order valence-corrected chi connectivity index (χ1v) is 10.3. The largest absolute Gasteiger partial charge is 0.495 e. The molecule has 0 aliphatic carbocycles. The van der Waals surface area contributed by atoms with Gasteiger partial charge in [-0.2, -0.15) is 5.10 Å². The molecule has 1 atom stereocenters. The maximum Gasteiger partial charge on any atom is 0.174 e. The summed E-state index contributed by atoms with van der Waals surface area (Å²) >= 11 is 0. The number of halogens is 1. The van der Waals surface area contributed by atoms with E-state index in [1.807, 2.05) is 42.0 Å². The highest BCUT2D eigenvalue weighted by molar-refractivity contribution is 5.69. The van der Waals surface area contributed by atoms with E-state index >= 15 is 0 Å². The van der Waals surface area contributed by atoms with Crippen molar-refractivity contribution in [3.63, 3.8) is 0 Å². The van der Waals surface area contributed by atoms with Crippen molar-refractivity contribution < 1.29 is 14.2 Å². The van der Waals surface area contributed by atoms with Crippen LogP contribution in [0.3, 0.4) is 0 Å². The van der Waals surface area contributed by atoms with Crippen LogP contribution in [0, 0.1) is 12.7 Å². The molecule has 0 bridgehead atoms. The molecular weight excluding hydrogens is 409 g/mol. The Hall–Kier alpha value is -3.78. The number of hydrogen-bond donors (Lipinski definition) is 1. The summed E-state index contributed by atoms with van der Waals surface area (Å²) in [5.74, 6) is 1.33. The van der Waals surface area contributed by atoms with Crippen LogP contribution in [0.15, 0.2) is 55.0 Å². The molecule has 0 amide bonds. The maximum atomic E-state index is 13.3. The average molecular weight is 431 g/mol. The van der Waals surface area contributed by atoms with Crippen molar-refractivity contribution in [1.29, 1.82) is 0 Å². The van der Waals surface area contributed by atoms with E-state index in [4.69, 9.17) is 4.74 Å². The molecule has 2 aromatic carbocycles. The van der Waals surface area contributed by atoms with Crippen LogP contribution in [0.5, 0.6) is 5.75 Å². The third-order valence-corrected chi connectivity index (χ3v) is 5.68. The number of hydrogen-bond acceptors (Lipinski definition) is 5. The van der Waals surface area contributed by atoms with E-state index in [2.05, 4.69) is 15.1 Å². The van der Waals surface area contributed by atoms with Crippen molar-refractivity contribution in [2.45, 2.75) is 25.5 Å². The molecule has 5 rings (SSSR count). The molecule has 0 radical (unpaired) electrons.